The van der Waals surface area contributed by atoms with E-state index >= 15 is 0 Å². The number of para-hydroxylation sites is 1. The van der Waals surface area contributed by atoms with Gasteiger partial charge in [0.05, 0.1) is 16.9 Å². The van der Waals surface area contributed by atoms with Crippen LogP contribution in [0.1, 0.15) is 11.6 Å². The SMILES string of the molecule is O=C(Cn1c(=O)[nH]c2ccccc2c1=O)N1CCNCC1c1ccccc1Cl. The van der Waals surface area contributed by atoms with Gasteiger partial charge in [0, 0.05) is 24.7 Å². The lowest BCUT2D eigenvalue weighted by Crippen LogP contribution is -2.51. The maximum absolute atomic E-state index is 13.0. The Kier molecular flexibility index (Phi) is 5.02. The number of amides is 1. The summed E-state index contributed by atoms with van der Waals surface area (Å²) in [5, 5.41) is 4.22. The van der Waals surface area contributed by atoms with E-state index in [0.29, 0.717) is 35.6 Å². The van der Waals surface area contributed by atoms with Crippen LogP contribution < -0.4 is 16.6 Å². The monoisotopic (exact) mass is 398 g/mol. The molecule has 1 amide bonds. The molecule has 1 aromatic heterocycles. The van der Waals surface area contributed by atoms with Gasteiger partial charge in [0.15, 0.2) is 0 Å². The van der Waals surface area contributed by atoms with Crippen molar-refractivity contribution in [3.8, 4) is 0 Å². The van der Waals surface area contributed by atoms with E-state index < -0.39 is 11.2 Å². The summed E-state index contributed by atoms with van der Waals surface area (Å²) in [7, 11) is 0. The van der Waals surface area contributed by atoms with Crippen molar-refractivity contribution in [3.63, 3.8) is 0 Å². The minimum Gasteiger partial charge on any atom is -0.331 e. The van der Waals surface area contributed by atoms with Gasteiger partial charge >= 0.3 is 5.69 Å². The number of nitrogens with zero attached hydrogens (tertiary/aromatic N) is 2. The summed E-state index contributed by atoms with van der Waals surface area (Å²) in [6.45, 7) is 1.34. The average Bonchev–Trinajstić information content (AvgIpc) is 2.71. The van der Waals surface area contributed by atoms with E-state index in [9.17, 15) is 14.4 Å². The predicted octanol–water partition coefficient (Wildman–Crippen LogP) is 1.52. The molecular formula is C20H19ClN4O3. The predicted molar refractivity (Wildman–Crippen MR) is 108 cm³/mol. The number of carbonyl (C=O) groups is 1. The van der Waals surface area contributed by atoms with Crippen molar-refractivity contribution in [3.05, 3.63) is 80.0 Å². The molecule has 0 spiro atoms. The summed E-state index contributed by atoms with van der Waals surface area (Å²) < 4.78 is 0.955. The number of halogens is 1. The van der Waals surface area contributed by atoms with Crippen molar-refractivity contribution in [2.75, 3.05) is 19.6 Å². The molecule has 1 unspecified atom stereocenters. The van der Waals surface area contributed by atoms with E-state index in [1.165, 1.54) is 0 Å². The molecule has 0 saturated carbocycles. The Morgan fingerprint density at radius 3 is 2.68 bits per heavy atom. The van der Waals surface area contributed by atoms with Crippen molar-refractivity contribution in [1.29, 1.82) is 0 Å². The van der Waals surface area contributed by atoms with Gasteiger partial charge in [-0.05, 0) is 23.8 Å². The first-order valence-electron chi connectivity index (χ1n) is 9.03. The number of hydrogen-bond donors (Lipinski definition) is 2. The molecule has 8 heteroatoms. The van der Waals surface area contributed by atoms with Gasteiger partial charge in [0.25, 0.3) is 5.56 Å². The fraction of sp³-hybridized carbons (Fsp3) is 0.250. The number of fused-ring (bicyclic) bond motifs is 1. The normalized spacial score (nSPS) is 17.0. The first kappa shape index (κ1) is 18.5. The van der Waals surface area contributed by atoms with Gasteiger partial charge in [-0.1, -0.05) is 41.9 Å². The average molecular weight is 399 g/mol. The van der Waals surface area contributed by atoms with E-state index in [4.69, 9.17) is 11.6 Å². The van der Waals surface area contributed by atoms with Crippen LogP contribution in [-0.4, -0.2) is 40.0 Å². The minimum absolute atomic E-state index is 0.259. The Morgan fingerprint density at radius 1 is 1.11 bits per heavy atom. The summed E-state index contributed by atoms with van der Waals surface area (Å²) >= 11 is 6.33. The highest BCUT2D eigenvalue weighted by molar-refractivity contribution is 6.31. The van der Waals surface area contributed by atoms with Crippen molar-refractivity contribution in [2.45, 2.75) is 12.6 Å². The molecule has 0 radical (unpaired) electrons. The Bertz CT molecular complexity index is 1150. The van der Waals surface area contributed by atoms with E-state index in [2.05, 4.69) is 10.3 Å². The fourth-order valence-electron chi connectivity index (χ4n) is 3.59. The molecule has 2 N–H and O–H groups in total. The molecule has 28 heavy (non-hydrogen) atoms. The Morgan fingerprint density at radius 2 is 1.86 bits per heavy atom. The van der Waals surface area contributed by atoms with Gasteiger partial charge in [0.1, 0.15) is 6.54 Å². The van der Waals surface area contributed by atoms with Gasteiger partial charge in [-0.3, -0.25) is 14.2 Å². The second kappa shape index (κ2) is 7.61. The molecule has 144 valence electrons. The highest BCUT2D eigenvalue weighted by atomic mass is 35.5. The van der Waals surface area contributed by atoms with Gasteiger partial charge < -0.3 is 15.2 Å². The second-order valence-electron chi connectivity index (χ2n) is 6.70. The molecule has 0 bridgehead atoms. The first-order valence-corrected chi connectivity index (χ1v) is 9.40. The molecule has 1 fully saturated rings. The number of benzene rings is 2. The molecule has 3 aromatic rings. The topological polar surface area (TPSA) is 87.2 Å². The first-order chi connectivity index (χ1) is 13.6. The molecule has 1 aliphatic heterocycles. The van der Waals surface area contributed by atoms with E-state index in [1.807, 2.05) is 18.2 Å². The Labute approximate surface area is 165 Å². The van der Waals surface area contributed by atoms with Gasteiger partial charge in [-0.2, -0.15) is 0 Å². The fourth-order valence-corrected chi connectivity index (χ4v) is 3.86. The third-order valence-electron chi connectivity index (χ3n) is 5.01. The minimum atomic E-state index is -0.596. The highest BCUT2D eigenvalue weighted by Crippen LogP contribution is 2.28. The Balaban J connectivity index is 1.68. The number of hydrogen-bond acceptors (Lipinski definition) is 4. The van der Waals surface area contributed by atoms with E-state index in [-0.39, 0.29) is 18.5 Å². The third kappa shape index (κ3) is 3.34. The molecule has 2 heterocycles. The maximum Gasteiger partial charge on any atom is 0.329 e. The maximum atomic E-state index is 13.0. The van der Waals surface area contributed by atoms with Gasteiger partial charge in [-0.15, -0.1) is 0 Å². The summed E-state index contributed by atoms with van der Waals surface area (Å²) in [5.41, 5.74) is 0.223. The molecular weight excluding hydrogens is 380 g/mol. The van der Waals surface area contributed by atoms with Crippen molar-refractivity contribution in [2.24, 2.45) is 0 Å². The van der Waals surface area contributed by atoms with Crippen molar-refractivity contribution in [1.82, 2.24) is 19.8 Å². The van der Waals surface area contributed by atoms with Crippen LogP contribution in [0, 0.1) is 0 Å². The Hall–Kier alpha value is -2.90. The number of rotatable bonds is 3. The third-order valence-corrected chi connectivity index (χ3v) is 5.35. The summed E-state index contributed by atoms with van der Waals surface area (Å²) in [6, 6.07) is 13.9. The number of carbonyl (C=O) groups excluding carboxylic acids is 1. The lowest BCUT2D eigenvalue weighted by Gasteiger charge is -2.37. The smallest absolute Gasteiger partial charge is 0.329 e. The van der Waals surface area contributed by atoms with Crippen LogP contribution in [0.15, 0.2) is 58.1 Å². The van der Waals surface area contributed by atoms with E-state index in [0.717, 1.165) is 10.1 Å². The molecule has 1 aliphatic rings. The molecule has 4 rings (SSSR count). The van der Waals surface area contributed by atoms with Crippen LogP contribution in [0.5, 0.6) is 0 Å². The van der Waals surface area contributed by atoms with Crippen LogP contribution in [0.4, 0.5) is 0 Å². The quantitative estimate of drug-likeness (QED) is 0.700. The summed E-state index contributed by atoms with van der Waals surface area (Å²) in [4.78, 5) is 42.5. The van der Waals surface area contributed by atoms with Gasteiger partial charge in [0.2, 0.25) is 5.91 Å². The molecule has 0 aliphatic carbocycles. The standard InChI is InChI=1S/C20H19ClN4O3/c21-15-7-3-1-5-13(15)17-11-22-9-10-24(17)18(26)12-25-19(27)14-6-2-4-8-16(14)23-20(25)28/h1-8,17,22H,9-12H2,(H,23,28). The zero-order valence-electron chi connectivity index (χ0n) is 15.0. The van der Waals surface area contributed by atoms with Crippen molar-refractivity contribution < 1.29 is 4.79 Å². The summed E-state index contributed by atoms with van der Waals surface area (Å²) in [5.74, 6) is -0.297. The number of aromatic amines is 1. The van der Waals surface area contributed by atoms with Gasteiger partial charge in [-0.25, -0.2) is 4.79 Å². The second-order valence-corrected chi connectivity index (χ2v) is 7.10. The largest absolute Gasteiger partial charge is 0.331 e. The lowest BCUT2D eigenvalue weighted by atomic mass is 10.0. The molecule has 1 saturated heterocycles. The van der Waals surface area contributed by atoms with Crippen LogP contribution in [0.3, 0.4) is 0 Å². The van der Waals surface area contributed by atoms with Crippen LogP contribution >= 0.6 is 11.6 Å². The number of H-pyrrole nitrogens is 1. The van der Waals surface area contributed by atoms with Crippen LogP contribution in [0.25, 0.3) is 10.9 Å². The highest BCUT2D eigenvalue weighted by Gasteiger charge is 2.29. The molecule has 2 aromatic carbocycles. The summed E-state index contributed by atoms with van der Waals surface area (Å²) in [6.07, 6.45) is 0. The molecule has 7 nitrogen and oxygen atoms in total. The zero-order valence-corrected chi connectivity index (χ0v) is 15.8. The molecule has 1 atom stereocenters. The number of nitrogens with one attached hydrogen (secondary N) is 2. The van der Waals surface area contributed by atoms with E-state index in [1.54, 1.807) is 35.2 Å². The zero-order chi connectivity index (χ0) is 19.7. The number of piperazine rings is 1. The van der Waals surface area contributed by atoms with Crippen LogP contribution in [-0.2, 0) is 11.3 Å². The number of aromatic nitrogens is 2. The van der Waals surface area contributed by atoms with Crippen molar-refractivity contribution >= 4 is 28.4 Å². The van der Waals surface area contributed by atoms with Crippen LogP contribution in [0.2, 0.25) is 5.02 Å². The lowest BCUT2D eigenvalue weighted by molar-refractivity contribution is -0.135.